The molecular weight excluding hydrogens is 550 g/mol. The average molecular weight is 586 g/mol. The zero-order valence-electron chi connectivity index (χ0n) is 22.9. The first kappa shape index (κ1) is 30.1. The molecule has 4 N–H and O–H groups in total. The topological polar surface area (TPSA) is 143 Å². The van der Waals surface area contributed by atoms with Gasteiger partial charge in [0.15, 0.2) is 11.2 Å². The van der Waals surface area contributed by atoms with Gasteiger partial charge in [-0.15, -0.1) is 11.3 Å². The summed E-state index contributed by atoms with van der Waals surface area (Å²) in [6, 6.07) is 16.4. The van der Waals surface area contributed by atoms with Crippen molar-refractivity contribution in [2.45, 2.75) is 64.8 Å². The van der Waals surface area contributed by atoms with Crippen LogP contribution in [-0.4, -0.2) is 67.5 Å². The largest absolute Gasteiger partial charge is 0.388 e. The highest BCUT2D eigenvalue weighted by atomic mass is 32.2. The number of aliphatic hydroxyl groups is 3. The summed E-state index contributed by atoms with van der Waals surface area (Å²) in [5, 5.41) is 43.0. The van der Waals surface area contributed by atoms with Crippen molar-refractivity contribution in [1.82, 2.24) is 4.72 Å². The first-order valence-corrected chi connectivity index (χ1v) is 15.6. The summed E-state index contributed by atoms with van der Waals surface area (Å²) in [5.41, 5.74) is 2.36. The van der Waals surface area contributed by atoms with Gasteiger partial charge in [-0.2, -0.15) is 9.98 Å². The number of nitrogens with one attached hydrogen (secondary N) is 1. The monoisotopic (exact) mass is 585 g/mol. The Morgan fingerprint density at radius 2 is 1.70 bits per heavy atom. The van der Waals surface area contributed by atoms with Crippen molar-refractivity contribution in [2.75, 3.05) is 18.0 Å². The highest BCUT2D eigenvalue weighted by Gasteiger charge is 2.45. The van der Waals surface area contributed by atoms with Gasteiger partial charge in [-0.05, 0) is 79.4 Å². The Morgan fingerprint density at radius 1 is 1.02 bits per heavy atom. The number of sulfonamides is 1. The Morgan fingerprint density at radius 3 is 2.35 bits per heavy atom. The van der Waals surface area contributed by atoms with Gasteiger partial charge in [0.1, 0.15) is 24.3 Å². The summed E-state index contributed by atoms with van der Waals surface area (Å²) < 4.78 is 33.8. The molecule has 2 heterocycles. The van der Waals surface area contributed by atoms with Crippen molar-refractivity contribution in [3.63, 3.8) is 0 Å². The van der Waals surface area contributed by atoms with Crippen LogP contribution in [0.2, 0.25) is 0 Å². The molecular formula is C29H35N3O6S2. The molecule has 0 saturated carbocycles. The lowest BCUT2D eigenvalue weighted by molar-refractivity contribution is -0.244. The van der Waals surface area contributed by atoms with E-state index in [1.54, 1.807) is 19.1 Å². The second-order valence-electron chi connectivity index (χ2n) is 9.75. The van der Waals surface area contributed by atoms with Crippen LogP contribution in [0, 0.1) is 11.3 Å². The molecule has 0 radical (unpaired) electrons. The standard InChI is InChI=1S/C29H35N3O6S2/c1-5-22-27(33)28(34)26(29(35)38-22)31-40(36,37)25(16-30)17(4)23-12-13-24(39-23)20-9-8-19-15-21(32(6-2)7-3)11-10-18(19)14-20/h8-15,22,26-29,31,33-35H,5-7H2,1-4H3/b25-17+/t22-,26-,27-,28-,29?/m1/s1. The lowest BCUT2D eigenvalue weighted by Gasteiger charge is -2.40. The number of benzene rings is 2. The van der Waals surface area contributed by atoms with E-state index in [1.807, 2.05) is 12.1 Å². The van der Waals surface area contributed by atoms with Gasteiger partial charge in [-0.1, -0.05) is 25.1 Å². The van der Waals surface area contributed by atoms with Gasteiger partial charge in [0, 0.05) is 28.5 Å². The van der Waals surface area contributed by atoms with Gasteiger partial charge >= 0.3 is 0 Å². The van der Waals surface area contributed by atoms with Gasteiger partial charge in [0.25, 0.3) is 10.0 Å². The van der Waals surface area contributed by atoms with Crippen LogP contribution in [0.25, 0.3) is 26.8 Å². The van der Waals surface area contributed by atoms with E-state index in [0.29, 0.717) is 11.3 Å². The number of rotatable bonds is 9. The fourth-order valence-electron chi connectivity index (χ4n) is 4.97. The molecule has 0 amide bonds. The molecule has 4 rings (SSSR count). The number of nitrogens with zero attached hydrogens (tertiary/aromatic N) is 2. The summed E-state index contributed by atoms with van der Waals surface area (Å²) >= 11 is 1.36. The predicted octanol–water partition coefficient (Wildman–Crippen LogP) is 3.81. The number of hydrogen-bond donors (Lipinski definition) is 4. The van der Waals surface area contributed by atoms with Gasteiger partial charge in [0.2, 0.25) is 0 Å². The van der Waals surface area contributed by atoms with Crippen molar-refractivity contribution in [2.24, 2.45) is 0 Å². The maximum absolute atomic E-state index is 13.2. The lowest BCUT2D eigenvalue weighted by atomic mass is 9.96. The maximum atomic E-state index is 13.2. The Balaban J connectivity index is 1.60. The minimum atomic E-state index is -4.47. The highest BCUT2D eigenvalue weighted by Crippen LogP contribution is 2.36. The summed E-state index contributed by atoms with van der Waals surface area (Å²) in [7, 11) is -4.47. The first-order valence-electron chi connectivity index (χ1n) is 13.3. The van der Waals surface area contributed by atoms with Gasteiger partial charge in [0.05, 0.1) is 6.10 Å². The second kappa shape index (κ2) is 12.4. The molecule has 40 heavy (non-hydrogen) atoms. The van der Waals surface area contributed by atoms with E-state index >= 15 is 0 Å². The Kier molecular flexibility index (Phi) is 9.32. The van der Waals surface area contributed by atoms with E-state index in [2.05, 4.69) is 53.8 Å². The zero-order chi connectivity index (χ0) is 29.2. The van der Waals surface area contributed by atoms with E-state index in [9.17, 15) is 29.0 Å². The number of hydrogen-bond acceptors (Lipinski definition) is 9. The number of allylic oxidation sites excluding steroid dienone is 2. The molecule has 0 spiro atoms. The van der Waals surface area contributed by atoms with Crippen LogP contribution in [0.15, 0.2) is 53.4 Å². The van der Waals surface area contributed by atoms with Crippen LogP contribution < -0.4 is 9.62 Å². The average Bonchev–Trinajstić information content (AvgIpc) is 3.44. The summed E-state index contributed by atoms with van der Waals surface area (Å²) in [5.74, 6) is 0. The third kappa shape index (κ3) is 5.94. The molecule has 1 aliphatic heterocycles. The van der Waals surface area contributed by atoms with Crippen molar-refractivity contribution < 1.29 is 28.5 Å². The molecule has 1 aliphatic rings. The van der Waals surface area contributed by atoms with Crippen molar-refractivity contribution in [3.8, 4) is 16.5 Å². The Hall–Kier alpha value is -2.82. The number of thiophene rings is 1. The number of ether oxygens (including phenoxy) is 1. The third-order valence-corrected chi connectivity index (χ3v) is 10.1. The fourth-order valence-corrected chi connectivity index (χ4v) is 7.41. The Bertz CT molecular complexity index is 1540. The molecule has 1 saturated heterocycles. The maximum Gasteiger partial charge on any atom is 0.251 e. The zero-order valence-corrected chi connectivity index (χ0v) is 24.5. The van der Waals surface area contributed by atoms with Crippen molar-refractivity contribution >= 4 is 43.4 Å². The second-order valence-corrected chi connectivity index (χ2v) is 12.5. The lowest BCUT2D eigenvalue weighted by Crippen LogP contribution is -2.63. The number of anilines is 1. The molecule has 2 aromatic carbocycles. The van der Waals surface area contributed by atoms with Crippen LogP contribution in [0.3, 0.4) is 0 Å². The molecule has 5 atom stereocenters. The molecule has 0 bridgehead atoms. The molecule has 1 fully saturated rings. The summed E-state index contributed by atoms with van der Waals surface area (Å²) in [4.78, 5) is 3.24. The van der Waals surface area contributed by atoms with Gasteiger partial charge in [-0.3, -0.25) is 0 Å². The first-order chi connectivity index (χ1) is 19.0. The van der Waals surface area contributed by atoms with Crippen LogP contribution >= 0.6 is 11.3 Å². The third-order valence-electron chi connectivity index (χ3n) is 7.34. The number of fused-ring (bicyclic) bond motifs is 1. The molecule has 0 aliphatic carbocycles. The van der Waals surface area contributed by atoms with Gasteiger partial charge < -0.3 is 25.0 Å². The van der Waals surface area contributed by atoms with E-state index in [-0.39, 0.29) is 5.57 Å². The SMILES string of the molecule is CC[C@H]1OC(O)[C@H](NS(=O)(=O)/C(C#N)=C(\C)c2ccc(-c3ccc4cc(N(CC)CC)ccc4c3)s2)[C@@H](O)[C@@H]1O. The number of aliphatic hydroxyl groups excluding tert-OH is 3. The number of nitriles is 1. The van der Waals surface area contributed by atoms with E-state index in [0.717, 1.165) is 34.3 Å². The van der Waals surface area contributed by atoms with Crippen LogP contribution in [0.4, 0.5) is 5.69 Å². The van der Waals surface area contributed by atoms with E-state index < -0.39 is 45.6 Å². The highest BCUT2D eigenvalue weighted by molar-refractivity contribution is 7.93. The molecule has 3 aromatic rings. The van der Waals surface area contributed by atoms with E-state index in [4.69, 9.17) is 4.74 Å². The molecule has 1 unspecified atom stereocenters. The minimum absolute atomic E-state index is 0.226. The van der Waals surface area contributed by atoms with Crippen molar-refractivity contribution in [3.05, 3.63) is 58.3 Å². The van der Waals surface area contributed by atoms with E-state index in [1.165, 1.54) is 23.9 Å². The summed E-state index contributed by atoms with van der Waals surface area (Å²) in [6.07, 6.45) is -5.24. The predicted molar refractivity (Wildman–Crippen MR) is 158 cm³/mol. The molecule has 214 valence electrons. The van der Waals surface area contributed by atoms with Crippen LogP contribution in [0.1, 0.15) is 39.0 Å². The summed E-state index contributed by atoms with van der Waals surface area (Å²) in [6.45, 7) is 9.35. The molecule has 11 heteroatoms. The molecule has 1 aromatic heterocycles. The quantitative estimate of drug-likeness (QED) is 0.278. The fraction of sp³-hybridized carbons (Fsp3) is 0.414. The van der Waals surface area contributed by atoms with Crippen LogP contribution in [0.5, 0.6) is 0 Å². The Labute approximate surface area is 239 Å². The van der Waals surface area contributed by atoms with Crippen molar-refractivity contribution in [1.29, 1.82) is 5.26 Å². The van der Waals surface area contributed by atoms with Crippen LogP contribution in [-0.2, 0) is 14.8 Å². The molecule has 9 nitrogen and oxygen atoms in total. The normalized spacial score (nSPS) is 24.0. The van der Waals surface area contributed by atoms with Gasteiger partial charge in [-0.25, -0.2) is 8.42 Å². The smallest absolute Gasteiger partial charge is 0.251 e. The minimum Gasteiger partial charge on any atom is -0.388 e.